The molecule has 0 aliphatic carbocycles. The highest BCUT2D eigenvalue weighted by Gasteiger charge is 1.84. The monoisotopic (exact) mass is 238 g/mol. The van der Waals surface area contributed by atoms with Gasteiger partial charge in [0.1, 0.15) is 0 Å². The molecule has 0 bridgehead atoms. The Morgan fingerprint density at radius 3 is 2.44 bits per heavy atom. The molecular weight excluding hydrogens is 227 g/mol. The number of hydrogen-bond acceptors (Lipinski definition) is 1. The van der Waals surface area contributed by atoms with Gasteiger partial charge < -0.3 is 5.11 Å². The molecule has 0 atom stereocenters. The summed E-state index contributed by atoms with van der Waals surface area (Å²) in [6.45, 7) is 4.07. The lowest BCUT2D eigenvalue weighted by molar-refractivity contribution is 0.331. The molecule has 52 valence electrons. The van der Waals surface area contributed by atoms with E-state index in [0.29, 0.717) is 0 Å². The van der Waals surface area contributed by atoms with Crippen molar-refractivity contribution >= 4 is 22.6 Å². The first-order valence-electron chi connectivity index (χ1n) is 2.75. The number of aliphatic hydroxyl groups is 1. The Balaban J connectivity index is 3.95. The molecule has 0 heterocycles. The third-order valence-corrected chi connectivity index (χ3v) is 1.88. The Kier molecular flexibility index (Phi) is 5.09. The first kappa shape index (κ1) is 9.17. The van der Waals surface area contributed by atoms with Crippen molar-refractivity contribution in [1.29, 1.82) is 0 Å². The first-order valence-corrected chi connectivity index (χ1v) is 4.00. The topological polar surface area (TPSA) is 20.2 Å². The third-order valence-electron chi connectivity index (χ3n) is 0.896. The summed E-state index contributed by atoms with van der Waals surface area (Å²) in [5.41, 5.74) is 2.18. The fourth-order valence-corrected chi connectivity index (χ4v) is 0.646. The van der Waals surface area contributed by atoms with Gasteiger partial charge in [-0.3, -0.25) is 0 Å². The lowest BCUT2D eigenvalue weighted by Crippen LogP contribution is -1.83. The van der Waals surface area contributed by atoms with Crippen LogP contribution in [0.25, 0.3) is 0 Å². The fraction of sp³-hybridized carbons (Fsp3) is 0.429. The fourth-order valence-electron chi connectivity index (χ4n) is 0.466. The molecule has 0 radical (unpaired) electrons. The molecule has 0 unspecified atom stereocenters. The summed E-state index contributed by atoms with van der Waals surface area (Å²) in [6.07, 6.45) is 1.96. The van der Waals surface area contributed by atoms with Crippen molar-refractivity contribution < 1.29 is 5.11 Å². The van der Waals surface area contributed by atoms with Gasteiger partial charge in [0.25, 0.3) is 0 Å². The van der Waals surface area contributed by atoms with Crippen LogP contribution in [0.1, 0.15) is 13.8 Å². The number of hydrogen-bond donors (Lipinski definition) is 1. The summed E-state index contributed by atoms with van der Waals surface area (Å²) in [6, 6.07) is 0. The van der Waals surface area contributed by atoms with Crippen LogP contribution in [-0.4, -0.2) is 11.7 Å². The van der Waals surface area contributed by atoms with Crippen LogP contribution in [0.15, 0.2) is 21.3 Å². The van der Waals surface area contributed by atoms with E-state index in [1.807, 2.05) is 24.0 Å². The van der Waals surface area contributed by atoms with E-state index >= 15 is 0 Å². The summed E-state index contributed by atoms with van der Waals surface area (Å²) in [5.74, 6) is 0. The van der Waals surface area contributed by atoms with Crippen LogP contribution in [0.5, 0.6) is 0 Å². The molecule has 0 rings (SSSR count). The molecule has 2 heteroatoms. The van der Waals surface area contributed by atoms with E-state index in [1.54, 1.807) is 0 Å². The van der Waals surface area contributed by atoms with Gasteiger partial charge in [0, 0.05) is 0 Å². The largest absolute Gasteiger partial charge is 0.392 e. The second-order valence-corrected chi connectivity index (χ2v) is 2.62. The van der Waals surface area contributed by atoms with E-state index in [4.69, 9.17) is 5.11 Å². The molecule has 0 amide bonds. The molecular formula is C7H11IO. The Morgan fingerprint density at radius 1 is 1.56 bits per heavy atom. The zero-order chi connectivity index (χ0) is 7.28. The molecule has 9 heavy (non-hydrogen) atoms. The van der Waals surface area contributed by atoms with Crippen molar-refractivity contribution in [2.45, 2.75) is 13.8 Å². The molecule has 0 aliphatic rings. The molecule has 0 saturated carbocycles. The van der Waals surface area contributed by atoms with E-state index in [2.05, 4.69) is 22.6 Å². The summed E-state index contributed by atoms with van der Waals surface area (Å²) in [4.78, 5) is 0. The smallest absolute Gasteiger partial charge is 0.0642 e. The highest BCUT2D eigenvalue weighted by molar-refractivity contribution is 14.1. The van der Waals surface area contributed by atoms with Crippen molar-refractivity contribution in [3.8, 4) is 0 Å². The van der Waals surface area contributed by atoms with Crippen molar-refractivity contribution in [1.82, 2.24) is 0 Å². The summed E-state index contributed by atoms with van der Waals surface area (Å²) in [7, 11) is 0. The minimum absolute atomic E-state index is 0.155. The zero-order valence-corrected chi connectivity index (χ0v) is 7.84. The number of aliphatic hydroxyl groups excluding tert-OH is 1. The van der Waals surface area contributed by atoms with Crippen LogP contribution < -0.4 is 0 Å². The van der Waals surface area contributed by atoms with Crippen LogP contribution >= 0.6 is 22.6 Å². The van der Waals surface area contributed by atoms with Crippen molar-refractivity contribution in [3.05, 3.63) is 21.3 Å². The lowest BCUT2D eigenvalue weighted by Gasteiger charge is -1.92. The number of allylic oxidation sites excluding steroid dienone is 2. The maximum absolute atomic E-state index is 8.58. The van der Waals surface area contributed by atoms with Gasteiger partial charge in [-0.15, -0.1) is 0 Å². The molecule has 0 aromatic heterocycles. The molecule has 0 aliphatic heterocycles. The Labute approximate surface area is 69.6 Å². The van der Waals surface area contributed by atoms with Crippen LogP contribution in [0.2, 0.25) is 0 Å². The van der Waals surface area contributed by atoms with E-state index < -0.39 is 0 Å². The summed E-state index contributed by atoms with van der Waals surface area (Å²) < 4.78 is 1.98. The van der Waals surface area contributed by atoms with Crippen LogP contribution in [-0.2, 0) is 0 Å². The first-order chi connectivity index (χ1) is 4.20. The Hall–Kier alpha value is 0.170. The second-order valence-electron chi connectivity index (χ2n) is 2.00. The van der Waals surface area contributed by atoms with Crippen molar-refractivity contribution in [2.75, 3.05) is 6.61 Å². The molecule has 0 aromatic rings. The molecule has 0 fully saturated rings. The van der Waals surface area contributed by atoms with Crippen LogP contribution in [0, 0.1) is 0 Å². The SMILES string of the molecule is CC(=C\I)/C=C(\C)CO. The van der Waals surface area contributed by atoms with Gasteiger partial charge in [0.05, 0.1) is 6.61 Å². The van der Waals surface area contributed by atoms with Gasteiger partial charge in [0.15, 0.2) is 0 Å². The predicted molar refractivity (Wildman–Crippen MR) is 48.6 cm³/mol. The van der Waals surface area contributed by atoms with E-state index in [0.717, 1.165) is 5.57 Å². The van der Waals surface area contributed by atoms with Gasteiger partial charge in [-0.25, -0.2) is 0 Å². The zero-order valence-electron chi connectivity index (χ0n) is 5.69. The van der Waals surface area contributed by atoms with Crippen LogP contribution in [0.4, 0.5) is 0 Å². The molecule has 1 N–H and O–H groups in total. The molecule has 0 saturated heterocycles. The van der Waals surface area contributed by atoms with Gasteiger partial charge in [0.2, 0.25) is 0 Å². The number of halogens is 1. The highest BCUT2D eigenvalue weighted by atomic mass is 127. The molecule has 1 nitrogen and oxygen atoms in total. The van der Waals surface area contributed by atoms with E-state index in [1.165, 1.54) is 5.57 Å². The third kappa shape index (κ3) is 4.66. The minimum Gasteiger partial charge on any atom is -0.392 e. The summed E-state index contributed by atoms with van der Waals surface area (Å²) in [5, 5.41) is 8.58. The van der Waals surface area contributed by atoms with E-state index in [9.17, 15) is 0 Å². The van der Waals surface area contributed by atoms with Crippen LogP contribution in [0.3, 0.4) is 0 Å². The normalized spacial score (nSPS) is 14.2. The average Bonchev–Trinajstić information content (AvgIpc) is 1.87. The van der Waals surface area contributed by atoms with Gasteiger partial charge in [-0.05, 0) is 29.1 Å². The van der Waals surface area contributed by atoms with Gasteiger partial charge >= 0.3 is 0 Å². The standard InChI is InChI=1S/C7H11IO/c1-6(4-8)3-7(2)5-9/h3-4,9H,5H2,1-2H3/b6-4+,7-3+. The maximum atomic E-state index is 8.58. The lowest BCUT2D eigenvalue weighted by atomic mass is 10.2. The van der Waals surface area contributed by atoms with Crippen molar-refractivity contribution in [2.24, 2.45) is 0 Å². The van der Waals surface area contributed by atoms with Gasteiger partial charge in [-0.2, -0.15) is 0 Å². The maximum Gasteiger partial charge on any atom is 0.0642 e. The second kappa shape index (κ2) is 4.99. The predicted octanol–water partition coefficient (Wildman–Crippen LogP) is 2.26. The average molecular weight is 238 g/mol. The minimum atomic E-state index is 0.155. The number of rotatable bonds is 2. The van der Waals surface area contributed by atoms with Gasteiger partial charge in [-0.1, -0.05) is 28.7 Å². The van der Waals surface area contributed by atoms with Crippen molar-refractivity contribution in [3.63, 3.8) is 0 Å². The van der Waals surface area contributed by atoms with E-state index in [-0.39, 0.29) is 6.61 Å². The molecule has 0 aromatic carbocycles. The Morgan fingerprint density at radius 2 is 2.11 bits per heavy atom. The summed E-state index contributed by atoms with van der Waals surface area (Å²) >= 11 is 2.17. The Bertz CT molecular complexity index is 136. The molecule has 0 spiro atoms. The highest BCUT2D eigenvalue weighted by Crippen LogP contribution is 2.02. The quantitative estimate of drug-likeness (QED) is 0.577.